The van der Waals surface area contributed by atoms with Crippen LogP contribution in [0.4, 0.5) is 0 Å². The van der Waals surface area contributed by atoms with Crippen molar-refractivity contribution in [3.8, 4) is 0 Å². The van der Waals surface area contributed by atoms with Gasteiger partial charge >= 0.3 is 0 Å². The summed E-state index contributed by atoms with van der Waals surface area (Å²) in [7, 11) is 0. The summed E-state index contributed by atoms with van der Waals surface area (Å²) < 4.78 is 0. The van der Waals surface area contributed by atoms with Crippen molar-refractivity contribution in [3.05, 3.63) is 145 Å². The third kappa shape index (κ3) is 5.75. The van der Waals surface area contributed by atoms with Gasteiger partial charge in [-0.15, -0.1) is 0 Å². The molecular weight excluding hydrogens is 440 g/mol. The molecule has 0 radical (unpaired) electrons. The zero-order valence-corrected chi connectivity index (χ0v) is 19.6. The van der Waals surface area contributed by atoms with Crippen molar-refractivity contribution in [1.29, 1.82) is 0 Å². The SMILES string of the molecule is C(=Cc1cccc2ccccc12)c1cnc(C=Cc2cccc3ccccc23)cn1.c1cnccn1. The fourth-order valence-electron chi connectivity index (χ4n) is 3.92. The second-order valence-electron chi connectivity index (χ2n) is 8.06. The number of hydrogen-bond donors (Lipinski definition) is 0. The standard InChI is InChI=1S/C28H20N2.C4H4N2/c1-3-13-27-21(7-1)9-5-11-23(27)15-17-25-19-30-26(20-29-25)18-16-24-12-6-10-22-8-2-4-14-28(22)24;1-2-6-4-3-5-1/h1-20H;1-4H. The molecule has 0 N–H and O–H groups in total. The summed E-state index contributed by atoms with van der Waals surface area (Å²) in [6.45, 7) is 0. The summed E-state index contributed by atoms with van der Waals surface area (Å²) in [5.74, 6) is 0. The molecule has 0 atom stereocenters. The van der Waals surface area contributed by atoms with E-state index in [1.807, 2.05) is 24.5 Å². The van der Waals surface area contributed by atoms with Gasteiger partial charge in [0.15, 0.2) is 0 Å². The highest BCUT2D eigenvalue weighted by molar-refractivity contribution is 5.93. The monoisotopic (exact) mass is 464 g/mol. The topological polar surface area (TPSA) is 51.6 Å². The molecule has 2 aromatic heterocycles. The Balaban J connectivity index is 0.000000391. The number of fused-ring (bicyclic) bond motifs is 2. The number of rotatable bonds is 4. The molecule has 0 saturated heterocycles. The van der Waals surface area contributed by atoms with Crippen LogP contribution in [0.5, 0.6) is 0 Å². The van der Waals surface area contributed by atoms with E-state index in [1.54, 1.807) is 24.8 Å². The molecule has 0 amide bonds. The molecule has 0 saturated carbocycles. The normalized spacial score (nSPS) is 11.1. The van der Waals surface area contributed by atoms with Gasteiger partial charge < -0.3 is 0 Å². The first kappa shape index (κ1) is 22.8. The first-order valence-corrected chi connectivity index (χ1v) is 11.7. The third-order valence-corrected chi connectivity index (χ3v) is 5.68. The molecule has 0 aliphatic carbocycles. The molecule has 6 rings (SSSR count). The molecule has 4 heteroatoms. The van der Waals surface area contributed by atoms with Crippen molar-refractivity contribution in [3.63, 3.8) is 0 Å². The molecule has 2 heterocycles. The summed E-state index contributed by atoms with van der Waals surface area (Å²) >= 11 is 0. The lowest BCUT2D eigenvalue weighted by molar-refractivity contribution is 1.16. The Kier molecular flexibility index (Phi) is 7.26. The van der Waals surface area contributed by atoms with Gasteiger partial charge in [-0.3, -0.25) is 19.9 Å². The molecule has 0 unspecified atom stereocenters. The van der Waals surface area contributed by atoms with Crippen LogP contribution in [0.15, 0.2) is 122 Å². The third-order valence-electron chi connectivity index (χ3n) is 5.68. The second-order valence-corrected chi connectivity index (χ2v) is 8.06. The molecule has 0 aliphatic heterocycles. The van der Waals surface area contributed by atoms with Gasteiger partial charge in [-0.05, 0) is 44.8 Å². The van der Waals surface area contributed by atoms with E-state index in [4.69, 9.17) is 0 Å². The highest BCUT2D eigenvalue weighted by atomic mass is 14.8. The Morgan fingerprint density at radius 1 is 0.417 bits per heavy atom. The molecule has 172 valence electrons. The predicted octanol–water partition coefficient (Wildman–Crippen LogP) is 7.60. The Morgan fingerprint density at radius 2 is 0.833 bits per heavy atom. The molecule has 0 aliphatic rings. The van der Waals surface area contributed by atoms with Gasteiger partial charge in [0.25, 0.3) is 0 Å². The zero-order valence-electron chi connectivity index (χ0n) is 19.6. The number of nitrogens with zero attached hydrogens (tertiary/aromatic N) is 4. The van der Waals surface area contributed by atoms with Crippen LogP contribution in [0.2, 0.25) is 0 Å². The van der Waals surface area contributed by atoms with Crippen molar-refractivity contribution in [2.75, 3.05) is 0 Å². The molecule has 4 nitrogen and oxygen atoms in total. The minimum absolute atomic E-state index is 0.838. The van der Waals surface area contributed by atoms with Crippen LogP contribution in [-0.2, 0) is 0 Å². The van der Waals surface area contributed by atoms with Crippen LogP contribution < -0.4 is 0 Å². The Labute approximate surface area is 210 Å². The summed E-state index contributed by atoms with van der Waals surface area (Å²) in [6.07, 6.45) is 18.4. The van der Waals surface area contributed by atoms with Crippen LogP contribution in [0, 0.1) is 0 Å². The molecule has 6 aromatic rings. The van der Waals surface area contributed by atoms with Crippen molar-refractivity contribution < 1.29 is 0 Å². The summed E-state index contributed by atoms with van der Waals surface area (Å²) in [5, 5.41) is 4.94. The van der Waals surface area contributed by atoms with Gasteiger partial charge in [0.2, 0.25) is 0 Å². The number of benzene rings is 4. The van der Waals surface area contributed by atoms with Gasteiger partial charge in [-0.25, -0.2) is 0 Å². The largest absolute Gasteiger partial charge is 0.262 e. The minimum atomic E-state index is 0.838. The maximum atomic E-state index is 4.55. The Hall–Kier alpha value is -4.96. The van der Waals surface area contributed by atoms with Gasteiger partial charge in [0.05, 0.1) is 23.8 Å². The van der Waals surface area contributed by atoms with Gasteiger partial charge in [0, 0.05) is 24.8 Å². The molecule has 0 bridgehead atoms. The van der Waals surface area contributed by atoms with Gasteiger partial charge in [-0.1, -0.05) is 97.1 Å². The lowest BCUT2D eigenvalue weighted by atomic mass is 10.0. The van der Waals surface area contributed by atoms with E-state index in [1.165, 1.54) is 32.7 Å². The van der Waals surface area contributed by atoms with E-state index in [9.17, 15) is 0 Å². The molecule has 0 spiro atoms. The van der Waals surface area contributed by atoms with Gasteiger partial charge in [-0.2, -0.15) is 0 Å². The predicted molar refractivity (Wildman–Crippen MR) is 150 cm³/mol. The fraction of sp³-hybridized carbons (Fsp3) is 0. The lowest BCUT2D eigenvalue weighted by Gasteiger charge is -2.02. The highest BCUT2D eigenvalue weighted by Gasteiger charge is 1.99. The molecule has 36 heavy (non-hydrogen) atoms. The lowest BCUT2D eigenvalue weighted by Crippen LogP contribution is -1.87. The summed E-state index contributed by atoms with van der Waals surface area (Å²) in [6, 6.07) is 29.4. The fourth-order valence-corrected chi connectivity index (χ4v) is 3.92. The number of aromatic nitrogens is 4. The molecule has 4 aromatic carbocycles. The second kappa shape index (κ2) is 11.4. The van der Waals surface area contributed by atoms with Crippen LogP contribution in [-0.4, -0.2) is 19.9 Å². The first-order valence-electron chi connectivity index (χ1n) is 11.7. The van der Waals surface area contributed by atoms with Crippen LogP contribution in [0.1, 0.15) is 22.5 Å². The van der Waals surface area contributed by atoms with Crippen LogP contribution in [0.3, 0.4) is 0 Å². The van der Waals surface area contributed by atoms with E-state index in [-0.39, 0.29) is 0 Å². The van der Waals surface area contributed by atoms with Crippen LogP contribution in [0.25, 0.3) is 45.8 Å². The maximum Gasteiger partial charge on any atom is 0.0813 e. The van der Waals surface area contributed by atoms with Crippen molar-refractivity contribution in [2.45, 2.75) is 0 Å². The van der Waals surface area contributed by atoms with E-state index in [0.29, 0.717) is 0 Å². The first-order chi connectivity index (χ1) is 17.9. The summed E-state index contributed by atoms with van der Waals surface area (Å²) in [5.41, 5.74) is 4.03. The van der Waals surface area contributed by atoms with E-state index in [0.717, 1.165) is 11.4 Å². The van der Waals surface area contributed by atoms with E-state index in [2.05, 4.69) is 117 Å². The maximum absolute atomic E-state index is 4.55. The minimum Gasteiger partial charge on any atom is -0.262 e. The highest BCUT2D eigenvalue weighted by Crippen LogP contribution is 2.21. The summed E-state index contributed by atoms with van der Waals surface area (Å²) in [4.78, 5) is 16.5. The quantitative estimate of drug-likeness (QED) is 0.269. The zero-order chi connectivity index (χ0) is 24.4. The molecule has 0 fully saturated rings. The molecular formula is C32H24N4. The Bertz CT molecular complexity index is 1480. The van der Waals surface area contributed by atoms with Crippen molar-refractivity contribution in [1.82, 2.24) is 19.9 Å². The van der Waals surface area contributed by atoms with Gasteiger partial charge in [0.1, 0.15) is 0 Å². The van der Waals surface area contributed by atoms with E-state index < -0.39 is 0 Å². The average molecular weight is 465 g/mol. The van der Waals surface area contributed by atoms with E-state index >= 15 is 0 Å². The van der Waals surface area contributed by atoms with Crippen LogP contribution >= 0.6 is 0 Å². The van der Waals surface area contributed by atoms with Crippen molar-refractivity contribution >= 4 is 45.8 Å². The number of hydrogen-bond acceptors (Lipinski definition) is 4. The van der Waals surface area contributed by atoms with Crippen molar-refractivity contribution in [2.24, 2.45) is 0 Å². The Morgan fingerprint density at radius 3 is 1.25 bits per heavy atom. The average Bonchev–Trinajstić information content (AvgIpc) is 2.97. The smallest absolute Gasteiger partial charge is 0.0813 e.